The second kappa shape index (κ2) is 4.13. The maximum absolute atomic E-state index is 12.2. The summed E-state index contributed by atoms with van der Waals surface area (Å²) in [6, 6.07) is 0. The quantitative estimate of drug-likeness (QED) is 0.677. The molecule has 0 fully saturated rings. The second-order valence-electron chi connectivity index (χ2n) is 2.54. The molecular weight excluding hydrogens is 262 g/mol. The van der Waals surface area contributed by atoms with Crippen LogP contribution in [0.5, 0.6) is 0 Å². The molecule has 0 aliphatic rings. The summed E-state index contributed by atoms with van der Waals surface area (Å²) in [7, 11) is 0. The van der Waals surface area contributed by atoms with Crippen molar-refractivity contribution in [3.05, 3.63) is 11.7 Å². The molecule has 0 aliphatic carbocycles. The molecule has 0 nitrogen and oxygen atoms in total. The van der Waals surface area contributed by atoms with E-state index in [1.807, 2.05) is 0 Å². The molecule has 0 unspecified atom stereocenters. The maximum Gasteiger partial charge on any atom is 0.445 e. The van der Waals surface area contributed by atoms with Crippen molar-refractivity contribution in [2.45, 2.75) is 18.0 Å². The highest BCUT2D eigenvalue weighted by molar-refractivity contribution is 5.17. The number of allylic oxidation sites excluding steroid dienone is 2. The van der Waals surface area contributed by atoms with Gasteiger partial charge in [0.2, 0.25) is 11.7 Å². The highest BCUT2D eigenvalue weighted by Crippen LogP contribution is 2.45. The summed E-state index contributed by atoms with van der Waals surface area (Å²) in [5, 5.41) is 0. The number of alkyl halides is 8. The first kappa shape index (κ1) is 15.0. The van der Waals surface area contributed by atoms with Crippen molar-refractivity contribution < 1.29 is 43.9 Å². The molecule has 0 aromatic carbocycles. The lowest BCUT2D eigenvalue weighted by Gasteiger charge is -2.22. The highest BCUT2D eigenvalue weighted by atomic mass is 19.4. The molecule has 0 spiro atoms. The molecule has 96 valence electrons. The zero-order chi connectivity index (χ0) is 13.4. The Morgan fingerprint density at radius 2 is 1.12 bits per heavy atom. The summed E-state index contributed by atoms with van der Waals surface area (Å²) >= 11 is 0. The van der Waals surface area contributed by atoms with Gasteiger partial charge in [-0.3, -0.25) is 0 Å². The molecule has 0 bridgehead atoms. The number of rotatable bonds is 3. The van der Waals surface area contributed by atoms with E-state index in [-0.39, 0.29) is 0 Å². The van der Waals surface area contributed by atoms with Crippen LogP contribution in [0, 0.1) is 0 Å². The zero-order valence-corrected chi connectivity index (χ0v) is 6.99. The van der Waals surface area contributed by atoms with Gasteiger partial charge in [-0.1, -0.05) is 0 Å². The molecular formula is C6H2F10. The minimum Gasteiger partial charge on any atom is -0.244 e. The van der Waals surface area contributed by atoms with E-state index < -0.39 is 36.3 Å². The van der Waals surface area contributed by atoms with E-state index in [0.717, 1.165) is 0 Å². The Morgan fingerprint density at radius 1 is 0.750 bits per heavy atom. The zero-order valence-electron chi connectivity index (χ0n) is 6.99. The van der Waals surface area contributed by atoms with E-state index in [0.29, 0.717) is 0 Å². The van der Waals surface area contributed by atoms with Crippen LogP contribution < -0.4 is 0 Å². The third-order valence-corrected chi connectivity index (χ3v) is 1.34. The van der Waals surface area contributed by atoms with Gasteiger partial charge in [-0.05, 0) is 0 Å². The predicted molar refractivity (Wildman–Crippen MR) is 31.2 cm³/mol. The number of hydrogen-bond acceptors (Lipinski definition) is 0. The lowest BCUT2D eigenvalue weighted by atomic mass is 10.1. The largest absolute Gasteiger partial charge is 0.445 e. The summed E-state index contributed by atoms with van der Waals surface area (Å²) in [6.07, 6.45) is -6.19. The van der Waals surface area contributed by atoms with Crippen molar-refractivity contribution in [3.8, 4) is 0 Å². The SMILES string of the molecule is FCC(F)(F)C(F)(F)C(F)=C(F)C(F)(F)F. The van der Waals surface area contributed by atoms with Crippen molar-refractivity contribution in [1.29, 1.82) is 0 Å². The third-order valence-electron chi connectivity index (χ3n) is 1.34. The fourth-order valence-corrected chi connectivity index (χ4v) is 0.507. The van der Waals surface area contributed by atoms with Gasteiger partial charge in [-0.15, -0.1) is 0 Å². The fourth-order valence-electron chi connectivity index (χ4n) is 0.507. The van der Waals surface area contributed by atoms with E-state index >= 15 is 0 Å². The second-order valence-corrected chi connectivity index (χ2v) is 2.54. The third kappa shape index (κ3) is 2.59. The van der Waals surface area contributed by atoms with E-state index in [1.54, 1.807) is 0 Å². The van der Waals surface area contributed by atoms with E-state index in [4.69, 9.17) is 0 Å². The molecule has 16 heavy (non-hydrogen) atoms. The van der Waals surface area contributed by atoms with Gasteiger partial charge in [0.1, 0.15) is 0 Å². The van der Waals surface area contributed by atoms with Crippen LogP contribution in [0.4, 0.5) is 43.9 Å². The van der Waals surface area contributed by atoms with Crippen LogP contribution in [0.15, 0.2) is 11.7 Å². The molecule has 0 aromatic heterocycles. The lowest BCUT2D eigenvalue weighted by molar-refractivity contribution is -0.207. The van der Waals surface area contributed by atoms with Gasteiger partial charge in [0.05, 0.1) is 0 Å². The molecule has 0 aromatic rings. The van der Waals surface area contributed by atoms with Gasteiger partial charge in [0.15, 0.2) is 6.67 Å². The summed E-state index contributed by atoms with van der Waals surface area (Å²) in [5.74, 6) is -20.0. The van der Waals surface area contributed by atoms with Crippen molar-refractivity contribution in [3.63, 3.8) is 0 Å². The van der Waals surface area contributed by atoms with Crippen LogP contribution in [-0.2, 0) is 0 Å². The summed E-state index contributed by atoms with van der Waals surface area (Å²) in [5.41, 5.74) is 0. The Kier molecular flexibility index (Phi) is 3.88. The molecule has 0 atom stereocenters. The van der Waals surface area contributed by atoms with E-state index in [1.165, 1.54) is 0 Å². The number of halogens is 10. The van der Waals surface area contributed by atoms with Gasteiger partial charge < -0.3 is 0 Å². The smallest absolute Gasteiger partial charge is 0.244 e. The van der Waals surface area contributed by atoms with Crippen molar-refractivity contribution in [1.82, 2.24) is 0 Å². The molecule has 0 heterocycles. The van der Waals surface area contributed by atoms with Crippen molar-refractivity contribution in [2.24, 2.45) is 0 Å². The predicted octanol–water partition coefficient (Wildman–Crippen LogP) is 3.94. The summed E-state index contributed by atoms with van der Waals surface area (Å²) < 4.78 is 118. The van der Waals surface area contributed by atoms with Crippen molar-refractivity contribution in [2.75, 3.05) is 6.67 Å². The van der Waals surface area contributed by atoms with E-state index in [2.05, 4.69) is 0 Å². The molecule has 0 saturated heterocycles. The standard InChI is InChI=1S/C6H2F10/c7-1-4(10,11)5(12,13)2(8)3(9)6(14,15)16/h1H2. The van der Waals surface area contributed by atoms with Crippen LogP contribution in [0.2, 0.25) is 0 Å². The van der Waals surface area contributed by atoms with Crippen LogP contribution in [0.25, 0.3) is 0 Å². The monoisotopic (exact) mass is 264 g/mol. The highest BCUT2D eigenvalue weighted by Gasteiger charge is 2.63. The molecule has 0 saturated carbocycles. The van der Waals surface area contributed by atoms with Crippen LogP contribution in [0.1, 0.15) is 0 Å². The Balaban J connectivity index is 5.51. The van der Waals surface area contributed by atoms with Gasteiger partial charge in [0, 0.05) is 0 Å². The fraction of sp³-hybridized carbons (Fsp3) is 0.667. The van der Waals surface area contributed by atoms with Crippen LogP contribution in [-0.4, -0.2) is 24.7 Å². The van der Waals surface area contributed by atoms with Crippen LogP contribution >= 0.6 is 0 Å². The van der Waals surface area contributed by atoms with Crippen molar-refractivity contribution >= 4 is 0 Å². The maximum atomic E-state index is 12.2. The minimum absolute atomic E-state index is 3.14. The Hall–Kier alpha value is -0.960. The summed E-state index contributed by atoms with van der Waals surface area (Å²) in [4.78, 5) is 0. The van der Waals surface area contributed by atoms with Gasteiger partial charge >= 0.3 is 18.0 Å². The molecule has 0 radical (unpaired) electrons. The Morgan fingerprint density at radius 3 is 1.38 bits per heavy atom. The summed E-state index contributed by atoms with van der Waals surface area (Å²) in [6.45, 7) is -3.14. The first-order chi connectivity index (χ1) is 6.88. The number of hydrogen-bond donors (Lipinski definition) is 0. The Labute approximate surface area is 81.5 Å². The molecule has 0 rings (SSSR count). The first-order valence-corrected chi connectivity index (χ1v) is 3.32. The average molecular weight is 264 g/mol. The van der Waals surface area contributed by atoms with Gasteiger partial charge in [-0.2, -0.15) is 35.1 Å². The normalized spacial score (nSPS) is 16.1. The van der Waals surface area contributed by atoms with E-state index in [9.17, 15) is 43.9 Å². The average Bonchev–Trinajstić information content (AvgIpc) is 2.13. The molecule has 0 N–H and O–H groups in total. The minimum atomic E-state index is -6.21. The molecule has 0 amide bonds. The molecule has 10 heteroatoms. The molecule has 0 aliphatic heterocycles. The van der Waals surface area contributed by atoms with Gasteiger partial charge in [0.25, 0.3) is 0 Å². The Bertz CT molecular complexity index is 284. The van der Waals surface area contributed by atoms with Crippen LogP contribution in [0.3, 0.4) is 0 Å². The topological polar surface area (TPSA) is 0 Å². The first-order valence-electron chi connectivity index (χ1n) is 3.32. The van der Waals surface area contributed by atoms with Gasteiger partial charge in [-0.25, -0.2) is 8.78 Å². The lowest BCUT2D eigenvalue weighted by Crippen LogP contribution is -2.43.